The number of hydrogen-bond acceptors (Lipinski definition) is 8. The molecule has 0 aliphatic heterocycles. The second-order valence-electron chi connectivity index (χ2n) is 7.77. The molecule has 0 saturated heterocycles. The zero-order chi connectivity index (χ0) is 24.2. The van der Waals surface area contributed by atoms with E-state index in [-0.39, 0.29) is 17.8 Å². The number of imidazole rings is 1. The van der Waals surface area contributed by atoms with E-state index in [1.165, 1.54) is 4.57 Å². The van der Waals surface area contributed by atoms with Crippen molar-refractivity contribution in [1.82, 2.24) is 24.1 Å². The summed E-state index contributed by atoms with van der Waals surface area (Å²) < 4.78 is 14.2. The smallest absolute Gasteiger partial charge is 0.338 e. The number of aryl methyl sites for hydroxylation is 3. The van der Waals surface area contributed by atoms with Crippen molar-refractivity contribution in [2.24, 2.45) is 7.05 Å². The topological polar surface area (TPSA) is 121 Å². The molecule has 0 spiro atoms. The largest absolute Gasteiger partial charge is 0.487 e. The number of benzene rings is 1. The van der Waals surface area contributed by atoms with Gasteiger partial charge in [0.05, 0.1) is 16.3 Å². The van der Waals surface area contributed by atoms with Crippen LogP contribution in [-0.2, 0) is 31.5 Å². The lowest BCUT2D eigenvalue weighted by Crippen LogP contribution is -2.31. The number of aromatic nitrogens is 5. The zero-order valence-corrected chi connectivity index (χ0v) is 20.0. The van der Waals surface area contributed by atoms with Gasteiger partial charge in [0.15, 0.2) is 11.2 Å². The van der Waals surface area contributed by atoms with Crippen LogP contribution in [0.4, 0.5) is 0 Å². The highest BCUT2D eigenvalue weighted by atomic mass is 32.1. The van der Waals surface area contributed by atoms with Crippen LogP contribution in [0.1, 0.15) is 46.6 Å². The molecule has 1 aromatic carbocycles. The van der Waals surface area contributed by atoms with Crippen LogP contribution in [0, 0.1) is 6.92 Å². The van der Waals surface area contributed by atoms with Gasteiger partial charge >= 0.3 is 11.7 Å². The summed E-state index contributed by atoms with van der Waals surface area (Å²) in [6, 6.07) is 6.69. The molecule has 3 heterocycles. The minimum absolute atomic E-state index is 0.158. The maximum Gasteiger partial charge on any atom is 0.338 e. The Labute approximate surface area is 198 Å². The van der Waals surface area contributed by atoms with Crippen LogP contribution in [-0.4, -0.2) is 30.1 Å². The number of hydrogen-bond donors (Lipinski definition) is 1. The Balaban J connectivity index is 1.49. The second-order valence-corrected chi connectivity index (χ2v) is 8.84. The third-order valence-corrected chi connectivity index (χ3v) is 6.12. The van der Waals surface area contributed by atoms with Crippen molar-refractivity contribution in [3.05, 3.63) is 72.6 Å². The van der Waals surface area contributed by atoms with E-state index in [2.05, 4.69) is 15.0 Å². The van der Waals surface area contributed by atoms with Gasteiger partial charge in [-0.1, -0.05) is 19.4 Å². The van der Waals surface area contributed by atoms with E-state index >= 15 is 0 Å². The summed E-state index contributed by atoms with van der Waals surface area (Å²) in [6.07, 6.45) is 1.65. The Kier molecular flexibility index (Phi) is 6.92. The van der Waals surface area contributed by atoms with Gasteiger partial charge in [-0.05, 0) is 31.5 Å². The van der Waals surface area contributed by atoms with E-state index in [1.807, 2.05) is 19.2 Å². The van der Waals surface area contributed by atoms with Crippen molar-refractivity contribution in [3.63, 3.8) is 0 Å². The van der Waals surface area contributed by atoms with Gasteiger partial charge in [-0.25, -0.2) is 19.6 Å². The first-order chi connectivity index (χ1) is 16.4. The lowest BCUT2D eigenvalue weighted by Gasteiger charge is -2.08. The maximum absolute atomic E-state index is 12.7. The number of ether oxygens (including phenoxy) is 2. The lowest BCUT2D eigenvalue weighted by molar-refractivity contribution is 0.0459. The van der Waals surface area contributed by atoms with Crippen LogP contribution in [0.2, 0.25) is 0 Å². The highest BCUT2D eigenvalue weighted by Gasteiger charge is 2.18. The van der Waals surface area contributed by atoms with Crippen molar-refractivity contribution in [2.45, 2.75) is 46.4 Å². The molecule has 0 saturated carbocycles. The summed E-state index contributed by atoms with van der Waals surface area (Å²) in [5, 5.41) is 2.89. The van der Waals surface area contributed by atoms with Crippen LogP contribution in [0.3, 0.4) is 0 Å². The normalized spacial score (nSPS) is 11.1. The predicted molar refractivity (Wildman–Crippen MR) is 127 cm³/mol. The summed E-state index contributed by atoms with van der Waals surface area (Å²) in [5.41, 5.74) is 0.656. The van der Waals surface area contributed by atoms with Crippen LogP contribution in [0.25, 0.3) is 11.2 Å². The Bertz CT molecular complexity index is 1450. The number of unbranched alkanes of at least 4 members (excludes halogenated alkanes) is 1. The van der Waals surface area contributed by atoms with Crippen molar-refractivity contribution in [3.8, 4) is 5.75 Å². The quantitative estimate of drug-likeness (QED) is 0.363. The fraction of sp³-hybridized carbons (Fsp3) is 0.348. The molecule has 0 radical (unpaired) electrons. The summed E-state index contributed by atoms with van der Waals surface area (Å²) in [7, 11) is 1.65. The molecule has 0 bridgehead atoms. The molecule has 0 atom stereocenters. The molecule has 3 aromatic heterocycles. The van der Waals surface area contributed by atoms with Crippen molar-refractivity contribution >= 4 is 28.5 Å². The fourth-order valence-corrected chi connectivity index (χ4v) is 4.10. The molecule has 4 rings (SSSR count). The first-order valence-corrected chi connectivity index (χ1v) is 11.7. The highest BCUT2D eigenvalue weighted by Crippen LogP contribution is 2.18. The molecule has 11 heteroatoms. The molecule has 0 aliphatic rings. The van der Waals surface area contributed by atoms with Gasteiger partial charge in [0.1, 0.15) is 24.8 Å². The average molecular weight is 484 g/mol. The molecule has 0 amide bonds. The number of nitrogens with one attached hydrogen (secondary N) is 1. The van der Waals surface area contributed by atoms with Crippen LogP contribution in [0.5, 0.6) is 5.75 Å². The molecular weight excluding hydrogens is 458 g/mol. The molecule has 4 aromatic rings. The van der Waals surface area contributed by atoms with Gasteiger partial charge < -0.3 is 14.0 Å². The van der Waals surface area contributed by atoms with Gasteiger partial charge in [0.25, 0.3) is 5.56 Å². The van der Waals surface area contributed by atoms with E-state index in [9.17, 15) is 14.4 Å². The van der Waals surface area contributed by atoms with Crippen LogP contribution < -0.4 is 16.0 Å². The molecule has 178 valence electrons. The van der Waals surface area contributed by atoms with E-state index < -0.39 is 17.2 Å². The number of nitrogens with zero attached hydrogens (tertiary/aromatic N) is 4. The molecule has 0 fully saturated rings. The number of fused-ring (bicyclic) bond motifs is 1. The standard InChI is InChI=1S/C23H25N5O5S/c1-4-5-9-28-20-19(21(29)26-23(28)31)27(3)18(25-20)12-33-22(30)15-7-6-8-17(10-15)32-11-16-13-34-14(2)24-16/h6-8,10,13H,4-5,9,11-12H2,1-3H3,(H,26,29,31). The van der Waals surface area contributed by atoms with Gasteiger partial charge in [0.2, 0.25) is 0 Å². The third-order valence-electron chi connectivity index (χ3n) is 5.30. The minimum Gasteiger partial charge on any atom is -0.487 e. The fourth-order valence-electron chi connectivity index (χ4n) is 3.50. The molecule has 0 unspecified atom stereocenters. The average Bonchev–Trinajstić information content (AvgIpc) is 3.39. The molecular formula is C23H25N5O5S. The number of aromatic amines is 1. The maximum atomic E-state index is 12.7. The summed E-state index contributed by atoms with van der Waals surface area (Å²) in [4.78, 5) is 48.4. The Morgan fingerprint density at radius 1 is 1.21 bits per heavy atom. The van der Waals surface area contributed by atoms with Crippen molar-refractivity contribution in [2.75, 3.05) is 0 Å². The number of rotatable bonds is 9. The molecule has 1 N–H and O–H groups in total. The predicted octanol–water partition coefficient (Wildman–Crippen LogP) is 2.92. The number of carbonyl (C=O) groups is 1. The van der Waals surface area contributed by atoms with Gasteiger partial charge in [-0.3, -0.25) is 14.3 Å². The molecule has 10 nitrogen and oxygen atoms in total. The summed E-state index contributed by atoms with van der Waals surface area (Å²) in [6.45, 7) is 4.52. The summed E-state index contributed by atoms with van der Waals surface area (Å²) in [5.74, 6) is 0.324. The first kappa shape index (κ1) is 23.4. The number of esters is 1. The monoisotopic (exact) mass is 483 g/mol. The van der Waals surface area contributed by atoms with E-state index in [0.29, 0.717) is 30.3 Å². The first-order valence-electron chi connectivity index (χ1n) is 10.9. The molecule has 0 aliphatic carbocycles. The van der Waals surface area contributed by atoms with Crippen molar-refractivity contribution < 1.29 is 14.3 Å². The van der Waals surface area contributed by atoms with Crippen LogP contribution in [0.15, 0.2) is 39.2 Å². The van der Waals surface area contributed by atoms with E-state index in [0.717, 1.165) is 23.5 Å². The lowest BCUT2D eigenvalue weighted by atomic mass is 10.2. The number of thiazole rings is 1. The Morgan fingerprint density at radius 3 is 2.76 bits per heavy atom. The van der Waals surface area contributed by atoms with Gasteiger partial charge in [-0.15, -0.1) is 11.3 Å². The number of carbonyl (C=O) groups excluding carboxylic acids is 1. The minimum atomic E-state index is -0.556. The molecule has 34 heavy (non-hydrogen) atoms. The SMILES string of the molecule is CCCCn1c(=O)[nH]c(=O)c2c1nc(COC(=O)c1cccc(OCc3csc(C)n3)c1)n2C. The van der Waals surface area contributed by atoms with E-state index in [1.54, 1.807) is 47.2 Å². The third kappa shape index (κ3) is 4.93. The Morgan fingerprint density at radius 2 is 2.03 bits per heavy atom. The second kappa shape index (κ2) is 10.0. The Hall–Kier alpha value is -3.73. The van der Waals surface area contributed by atoms with E-state index in [4.69, 9.17) is 9.47 Å². The summed E-state index contributed by atoms with van der Waals surface area (Å²) >= 11 is 1.55. The zero-order valence-electron chi connectivity index (χ0n) is 19.2. The van der Waals surface area contributed by atoms with Crippen molar-refractivity contribution in [1.29, 1.82) is 0 Å². The van der Waals surface area contributed by atoms with Gasteiger partial charge in [0, 0.05) is 19.0 Å². The number of H-pyrrole nitrogens is 1. The van der Waals surface area contributed by atoms with Gasteiger partial charge in [-0.2, -0.15) is 0 Å². The van der Waals surface area contributed by atoms with Crippen LogP contribution >= 0.6 is 11.3 Å². The highest BCUT2D eigenvalue weighted by molar-refractivity contribution is 7.09.